The molecule has 0 aliphatic heterocycles. The second-order valence-electron chi connectivity index (χ2n) is 7.04. The largest absolute Gasteiger partial charge is 0.493 e. The van der Waals surface area contributed by atoms with Gasteiger partial charge in [-0.05, 0) is 31.7 Å². The number of ether oxygens (including phenoxy) is 1. The van der Waals surface area contributed by atoms with E-state index >= 15 is 0 Å². The zero-order valence-electron chi connectivity index (χ0n) is 17.3. The van der Waals surface area contributed by atoms with E-state index in [1.54, 1.807) is 11.8 Å². The van der Waals surface area contributed by atoms with Gasteiger partial charge < -0.3 is 9.30 Å². The number of rotatable bonds is 10. The highest BCUT2D eigenvalue weighted by atomic mass is 32.2. The number of hydrogen-bond donors (Lipinski definition) is 0. The quantitative estimate of drug-likeness (QED) is 0.364. The third kappa shape index (κ3) is 6.76. The molecule has 0 aliphatic rings. The highest BCUT2D eigenvalue weighted by molar-refractivity contribution is 7.99. The Balaban J connectivity index is 1.46. The number of likely N-dealkylation sites (N-methyl/N-ethyl adjacent to an activating group) is 1. The number of para-hydroxylation sites is 1. The van der Waals surface area contributed by atoms with Crippen LogP contribution < -0.4 is 4.74 Å². The number of hydrogen-bond acceptors (Lipinski definition) is 5. The van der Waals surface area contributed by atoms with Crippen molar-refractivity contribution in [3.05, 3.63) is 77.6 Å². The fourth-order valence-electron chi connectivity index (χ4n) is 3.02. The molecule has 0 N–H and O–H groups in total. The van der Waals surface area contributed by atoms with Crippen LogP contribution in [-0.4, -0.2) is 45.6 Å². The molecular weight excluding hydrogens is 380 g/mol. The number of benzene rings is 2. The molecule has 1 aromatic heterocycles. The van der Waals surface area contributed by atoms with Gasteiger partial charge in [-0.3, -0.25) is 4.90 Å². The average Bonchev–Trinajstić information content (AvgIpc) is 3.06. The van der Waals surface area contributed by atoms with Crippen LogP contribution in [0.15, 0.2) is 71.4 Å². The Hall–Kier alpha value is -2.57. The normalized spacial score (nSPS) is 11.8. The van der Waals surface area contributed by atoms with E-state index in [-0.39, 0.29) is 0 Å². The summed E-state index contributed by atoms with van der Waals surface area (Å²) in [4.78, 5) is 2.26. The van der Waals surface area contributed by atoms with E-state index < -0.39 is 0 Å². The molecule has 0 spiro atoms. The van der Waals surface area contributed by atoms with Gasteiger partial charge in [0.1, 0.15) is 11.6 Å². The minimum Gasteiger partial charge on any atom is -0.493 e. The SMILES string of the molecule is CC(=Cc1ccccc1)CN(C)Cc1nnc(SCCOc2ccccc2)n1C. The van der Waals surface area contributed by atoms with Gasteiger partial charge >= 0.3 is 0 Å². The van der Waals surface area contributed by atoms with E-state index in [0.29, 0.717) is 6.61 Å². The highest BCUT2D eigenvalue weighted by Crippen LogP contribution is 2.17. The fourth-order valence-corrected chi connectivity index (χ4v) is 3.77. The average molecular weight is 409 g/mol. The van der Waals surface area contributed by atoms with Crippen LogP contribution >= 0.6 is 11.8 Å². The van der Waals surface area contributed by atoms with E-state index in [1.165, 1.54) is 11.1 Å². The molecule has 29 heavy (non-hydrogen) atoms. The molecule has 0 unspecified atom stereocenters. The van der Waals surface area contributed by atoms with Gasteiger partial charge in [0.05, 0.1) is 13.2 Å². The molecule has 3 aromatic rings. The summed E-state index contributed by atoms with van der Waals surface area (Å²) in [6, 6.07) is 20.3. The summed E-state index contributed by atoms with van der Waals surface area (Å²) in [5.74, 6) is 2.69. The standard InChI is InChI=1S/C23H28N4OS/c1-19(16-20-10-6-4-7-11-20)17-26(2)18-22-24-25-23(27(22)3)29-15-14-28-21-12-8-5-9-13-21/h4-13,16H,14-15,17-18H2,1-3H3. The minimum absolute atomic E-state index is 0.639. The Morgan fingerprint density at radius 2 is 1.76 bits per heavy atom. The molecule has 0 fully saturated rings. The van der Waals surface area contributed by atoms with Gasteiger partial charge in [0, 0.05) is 19.3 Å². The van der Waals surface area contributed by atoms with Gasteiger partial charge in [-0.25, -0.2) is 0 Å². The van der Waals surface area contributed by atoms with Crippen LogP contribution in [0, 0.1) is 0 Å². The summed E-state index contributed by atoms with van der Waals surface area (Å²) in [6.07, 6.45) is 2.22. The summed E-state index contributed by atoms with van der Waals surface area (Å²) in [5, 5.41) is 9.63. The first-order chi connectivity index (χ1) is 14.1. The maximum atomic E-state index is 5.74. The summed E-state index contributed by atoms with van der Waals surface area (Å²) in [6.45, 7) is 4.44. The topological polar surface area (TPSA) is 43.2 Å². The van der Waals surface area contributed by atoms with E-state index in [0.717, 1.165) is 35.6 Å². The molecule has 0 radical (unpaired) electrons. The lowest BCUT2D eigenvalue weighted by molar-refractivity contribution is 0.340. The van der Waals surface area contributed by atoms with Crippen molar-refractivity contribution < 1.29 is 4.74 Å². The zero-order valence-corrected chi connectivity index (χ0v) is 18.1. The Morgan fingerprint density at radius 1 is 1.07 bits per heavy atom. The maximum absolute atomic E-state index is 5.74. The smallest absolute Gasteiger partial charge is 0.191 e. The minimum atomic E-state index is 0.639. The molecular formula is C23H28N4OS. The van der Waals surface area contributed by atoms with Gasteiger partial charge in [0.25, 0.3) is 0 Å². The van der Waals surface area contributed by atoms with Crippen LogP contribution in [0.3, 0.4) is 0 Å². The van der Waals surface area contributed by atoms with Crippen molar-refractivity contribution in [1.82, 2.24) is 19.7 Å². The number of aromatic nitrogens is 3. The lowest BCUT2D eigenvalue weighted by Crippen LogP contribution is -2.22. The van der Waals surface area contributed by atoms with Crippen molar-refractivity contribution >= 4 is 17.8 Å². The third-order valence-corrected chi connectivity index (χ3v) is 5.38. The maximum Gasteiger partial charge on any atom is 0.191 e. The second-order valence-corrected chi connectivity index (χ2v) is 8.10. The van der Waals surface area contributed by atoms with Crippen LogP contribution in [0.5, 0.6) is 5.75 Å². The molecule has 0 aliphatic carbocycles. The molecule has 6 heteroatoms. The Kier molecular flexibility index (Phi) is 7.90. The van der Waals surface area contributed by atoms with Crippen LogP contribution in [0.2, 0.25) is 0 Å². The summed E-state index contributed by atoms with van der Waals surface area (Å²) in [5.41, 5.74) is 2.54. The fraction of sp³-hybridized carbons (Fsp3) is 0.304. The van der Waals surface area contributed by atoms with Crippen molar-refractivity contribution in [1.29, 1.82) is 0 Å². The van der Waals surface area contributed by atoms with Crippen LogP contribution in [0.25, 0.3) is 6.08 Å². The van der Waals surface area contributed by atoms with Crippen molar-refractivity contribution in [3.63, 3.8) is 0 Å². The van der Waals surface area contributed by atoms with E-state index in [9.17, 15) is 0 Å². The third-order valence-electron chi connectivity index (χ3n) is 4.39. The summed E-state index contributed by atoms with van der Waals surface area (Å²) in [7, 11) is 4.13. The monoisotopic (exact) mass is 408 g/mol. The van der Waals surface area contributed by atoms with Crippen molar-refractivity contribution in [2.45, 2.75) is 18.6 Å². The van der Waals surface area contributed by atoms with Crippen molar-refractivity contribution in [3.8, 4) is 5.75 Å². The van der Waals surface area contributed by atoms with Crippen LogP contribution in [0.1, 0.15) is 18.3 Å². The van der Waals surface area contributed by atoms with Crippen molar-refractivity contribution in [2.24, 2.45) is 7.05 Å². The van der Waals surface area contributed by atoms with E-state index in [1.807, 2.05) is 43.4 Å². The van der Waals surface area contributed by atoms with Crippen LogP contribution in [0.4, 0.5) is 0 Å². The second kappa shape index (κ2) is 10.8. The molecule has 2 aromatic carbocycles. The number of thioether (sulfide) groups is 1. The molecule has 152 valence electrons. The Bertz CT molecular complexity index is 909. The predicted molar refractivity (Wildman–Crippen MR) is 120 cm³/mol. The molecule has 0 atom stereocenters. The lowest BCUT2D eigenvalue weighted by atomic mass is 10.1. The van der Waals surface area contributed by atoms with Crippen LogP contribution in [-0.2, 0) is 13.6 Å². The Labute approximate surface area is 177 Å². The molecule has 0 saturated carbocycles. The molecule has 1 heterocycles. The summed E-state index contributed by atoms with van der Waals surface area (Å²) < 4.78 is 7.81. The first-order valence-corrected chi connectivity index (χ1v) is 10.7. The van der Waals surface area contributed by atoms with Gasteiger partial charge in [-0.1, -0.05) is 71.9 Å². The first kappa shape index (κ1) is 21.1. The Morgan fingerprint density at radius 3 is 2.48 bits per heavy atom. The lowest BCUT2D eigenvalue weighted by Gasteiger charge is -2.16. The van der Waals surface area contributed by atoms with Gasteiger partial charge in [0.15, 0.2) is 5.16 Å². The van der Waals surface area contributed by atoms with Gasteiger partial charge in [-0.2, -0.15) is 0 Å². The molecule has 0 bridgehead atoms. The van der Waals surface area contributed by atoms with E-state index in [2.05, 4.69) is 64.0 Å². The molecule has 3 rings (SSSR count). The van der Waals surface area contributed by atoms with Gasteiger partial charge in [-0.15, -0.1) is 10.2 Å². The van der Waals surface area contributed by atoms with Crippen molar-refractivity contribution in [2.75, 3.05) is 26.0 Å². The zero-order chi connectivity index (χ0) is 20.5. The number of nitrogens with zero attached hydrogens (tertiary/aromatic N) is 4. The predicted octanol–water partition coefficient (Wildman–Crippen LogP) is 4.52. The highest BCUT2D eigenvalue weighted by Gasteiger charge is 2.11. The van der Waals surface area contributed by atoms with E-state index in [4.69, 9.17) is 4.74 Å². The molecule has 0 amide bonds. The van der Waals surface area contributed by atoms with Gasteiger partial charge in [0.2, 0.25) is 0 Å². The molecule has 0 saturated heterocycles. The summed E-state index contributed by atoms with van der Waals surface area (Å²) >= 11 is 1.66. The molecule has 5 nitrogen and oxygen atoms in total. The first-order valence-electron chi connectivity index (χ1n) is 9.71.